The number of ether oxygens (including phenoxy) is 1. The van der Waals surface area contributed by atoms with Crippen molar-refractivity contribution in [2.45, 2.75) is 30.6 Å². The Morgan fingerprint density at radius 1 is 1.43 bits per heavy atom. The van der Waals surface area contributed by atoms with Gasteiger partial charge in [-0.15, -0.1) is 0 Å². The van der Waals surface area contributed by atoms with Gasteiger partial charge in [-0.05, 0) is 5.75 Å². The molecule has 0 aliphatic carbocycles. The number of anilines is 1. The van der Waals surface area contributed by atoms with Crippen LogP contribution in [0.2, 0.25) is 0 Å². The average Bonchev–Trinajstić information content (AvgIpc) is 3.03. The largest absolute Gasteiger partial charge is 0.394 e. The molecule has 0 aromatic carbocycles. The highest BCUT2D eigenvalue weighted by molar-refractivity contribution is 8.00. The molecule has 2 aromatic heterocycles. The summed E-state index contributed by atoms with van der Waals surface area (Å²) in [5, 5.41) is 19.7. The summed E-state index contributed by atoms with van der Waals surface area (Å²) in [5.41, 5.74) is 6.73. The third kappa shape index (κ3) is 2.35. The van der Waals surface area contributed by atoms with Crippen molar-refractivity contribution < 1.29 is 14.9 Å². The van der Waals surface area contributed by atoms with Crippen molar-refractivity contribution in [1.29, 1.82) is 0 Å². The number of rotatable bonds is 4. The fourth-order valence-corrected chi connectivity index (χ4v) is 3.63. The molecule has 114 valence electrons. The molecule has 1 saturated heterocycles. The van der Waals surface area contributed by atoms with Crippen molar-refractivity contribution in [3.05, 3.63) is 12.7 Å². The van der Waals surface area contributed by atoms with E-state index in [1.807, 2.05) is 6.92 Å². The second kappa shape index (κ2) is 5.76. The van der Waals surface area contributed by atoms with Crippen LogP contribution in [0.25, 0.3) is 11.2 Å². The summed E-state index contributed by atoms with van der Waals surface area (Å²) in [6.45, 7) is 1.86. The van der Waals surface area contributed by atoms with Crippen LogP contribution in [0.1, 0.15) is 13.2 Å². The van der Waals surface area contributed by atoms with E-state index in [9.17, 15) is 10.2 Å². The van der Waals surface area contributed by atoms with Gasteiger partial charge in [0.25, 0.3) is 0 Å². The minimum absolute atomic E-state index is 0.144. The zero-order valence-corrected chi connectivity index (χ0v) is 12.3. The minimum Gasteiger partial charge on any atom is -0.394 e. The van der Waals surface area contributed by atoms with E-state index in [-0.39, 0.29) is 17.7 Å². The molecule has 1 fully saturated rings. The lowest BCUT2D eigenvalue weighted by atomic mass is 10.2. The first-order chi connectivity index (χ1) is 10.2. The van der Waals surface area contributed by atoms with Gasteiger partial charge >= 0.3 is 0 Å². The molecule has 3 heterocycles. The maximum absolute atomic E-state index is 10.5. The molecular weight excluding hydrogens is 294 g/mol. The second-order valence-electron chi connectivity index (χ2n) is 4.74. The first-order valence-electron chi connectivity index (χ1n) is 6.66. The van der Waals surface area contributed by atoms with Gasteiger partial charge in [-0.1, -0.05) is 6.92 Å². The number of aliphatic hydroxyl groups excluding tert-OH is 2. The molecule has 21 heavy (non-hydrogen) atoms. The van der Waals surface area contributed by atoms with Gasteiger partial charge in [-0.2, -0.15) is 11.8 Å². The van der Waals surface area contributed by atoms with Crippen LogP contribution in [-0.4, -0.2) is 59.5 Å². The Morgan fingerprint density at radius 2 is 2.24 bits per heavy atom. The molecule has 1 aliphatic rings. The summed E-state index contributed by atoms with van der Waals surface area (Å²) in [6.07, 6.45) is 1.04. The van der Waals surface area contributed by atoms with Crippen LogP contribution >= 0.6 is 11.8 Å². The lowest BCUT2D eigenvalue weighted by Crippen LogP contribution is -2.31. The third-order valence-electron chi connectivity index (χ3n) is 3.51. The number of nitrogens with two attached hydrogens (primary N) is 1. The maximum Gasteiger partial charge on any atom is 0.167 e. The molecule has 0 saturated carbocycles. The number of fused-ring (bicyclic) bond motifs is 1. The maximum atomic E-state index is 10.5. The van der Waals surface area contributed by atoms with E-state index >= 15 is 0 Å². The van der Waals surface area contributed by atoms with E-state index in [2.05, 4.69) is 15.0 Å². The molecule has 3 rings (SSSR count). The Morgan fingerprint density at radius 3 is 2.95 bits per heavy atom. The Labute approximate surface area is 125 Å². The number of hydrogen-bond donors (Lipinski definition) is 3. The van der Waals surface area contributed by atoms with Crippen LogP contribution in [0.5, 0.6) is 0 Å². The number of nitrogen functional groups attached to an aromatic ring is 1. The van der Waals surface area contributed by atoms with Crippen LogP contribution < -0.4 is 5.73 Å². The summed E-state index contributed by atoms with van der Waals surface area (Å²) >= 11 is 1.56. The highest BCUT2D eigenvalue weighted by Crippen LogP contribution is 2.37. The molecule has 8 nitrogen and oxygen atoms in total. The third-order valence-corrected chi connectivity index (χ3v) is 4.81. The van der Waals surface area contributed by atoms with Crippen molar-refractivity contribution in [2.75, 3.05) is 18.1 Å². The van der Waals surface area contributed by atoms with E-state index in [4.69, 9.17) is 10.5 Å². The topological polar surface area (TPSA) is 119 Å². The molecule has 0 bridgehead atoms. The Balaban J connectivity index is 1.97. The van der Waals surface area contributed by atoms with Crippen LogP contribution in [0.4, 0.5) is 5.82 Å². The molecule has 4 N–H and O–H groups in total. The SMILES string of the molecule is CCS[C@@H]1[C@@H](O)[C@H](n2cnc3c(N)ncnc32)O[C@@H]1CO. The molecule has 0 radical (unpaired) electrons. The molecule has 0 spiro atoms. The molecule has 2 aromatic rings. The lowest BCUT2D eigenvalue weighted by Gasteiger charge is -2.18. The van der Waals surface area contributed by atoms with Gasteiger partial charge in [0.15, 0.2) is 17.7 Å². The summed E-state index contributed by atoms with van der Waals surface area (Å²) in [5.74, 6) is 1.11. The molecule has 4 atom stereocenters. The quantitative estimate of drug-likeness (QED) is 0.709. The van der Waals surface area contributed by atoms with E-state index in [1.165, 1.54) is 12.7 Å². The Kier molecular flexibility index (Phi) is 3.98. The van der Waals surface area contributed by atoms with Gasteiger partial charge in [0.05, 0.1) is 24.3 Å². The highest BCUT2D eigenvalue weighted by atomic mass is 32.2. The number of hydrogen-bond acceptors (Lipinski definition) is 8. The van der Waals surface area contributed by atoms with Crippen LogP contribution in [0.3, 0.4) is 0 Å². The molecule has 1 aliphatic heterocycles. The van der Waals surface area contributed by atoms with Crippen molar-refractivity contribution >= 4 is 28.7 Å². The Hall–Kier alpha value is -1.42. The first kappa shape index (κ1) is 14.5. The van der Waals surface area contributed by atoms with Crippen molar-refractivity contribution in [2.24, 2.45) is 0 Å². The molecule has 0 unspecified atom stereocenters. The van der Waals surface area contributed by atoms with Crippen LogP contribution in [0, 0.1) is 0 Å². The van der Waals surface area contributed by atoms with E-state index < -0.39 is 18.4 Å². The Bertz CT molecular complexity index is 636. The lowest BCUT2D eigenvalue weighted by molar-refractivity contribution is -0.0486. The van der Waals surface area contributed by atoms with Gasteiger partial charge in [0, 0.05) is 0 Å². The number of nitrogens with zero attached hydrogens (tertiary/aromatic N) is 4. The fourth-order valence-electron chi connectivity index (χ4n) is 2.55. The van der Waals surface area contributed by atoms with E-state index in [0.29, 0.717) is 11.2 Å². The van der Waals surface area contributed by atoms with E-state index in [1.54, 1.807) is 16.3 Å². The average molecular weight is 311 g/mol. The van der Waals surface area contributed by atoms with Crippen molar-refractivity contribution in [1.82, 2.24) is 19.5 Å². The minimum atomic E-state index is -0.763. The smallest absolute Gasteiger partial charge is 0.167 e. The summed E-state index contributed by atoms with van der Waals surface area (Å²) in [4.78, 5) is 12.2. The highest BCUT2D eigenvalue weighted by Gasteiger charge is 2.44. The predicted molar refractivity (Wildman–Crippen MR) is 78.7 cm³/mol. The first-order valence-corrected chi connectivity index (χ1v) is 7.71. The zero-order chi connectivity index (χ0) is 15.0. The molecule has 9 heteroatoms. The molecule has 0 amide bonds. The standard InChI is InChI=1S/C12H17N5O3S/c1-2-21-9-6(3-18)20-12(8(9)19)17-5-16-7-10(13)14-4-15-11(7)17/h4-6,8-9,12,18-19H,2-3H2,1H3,(H2,13,14,15)/t6-,8-,9+,12-/m1/s1. The molecular formula is C12H17N5O3S. The fraction of sp³-hybridized carbons (Fsp3) is 0.583. The number of imidazole rings is 1. The van der Waals surface area contributed by atoms with Gasteiger partial charge in [0.2, 0.25) is 0 Å². The van der Waals surface area contributed by atoms with E-state index in [0.717, 1.165) is 5.75 Å². The van der Waals surface area contributed by atoms with Crippen molar-refractivity contribution in [3.63, 3.8) is 0 Å². The van der Waals surface area contributed by atoms with Gasteiger partial charge in [-0.25, -0.2) is 15.0 Å². The number of aliphatic hydroxyl groups is 2. The summed E-state index contributed by atoms with van der Waals surface area (Å²) in [6, 6.07) is 0. The van der Waals surface area contributed by atoms with Crippen LogP contribution in [-0.2, 0) is 4.74 Å². The van der Waals surface area contributed by atoms with Gasteiger partial charge < -0.3 is 20.7 Å². The predicted octanol–water partition coefficient (Wildman–Crippen LogP) is -0.219. The number of aromatic nitrogens is 4. The summed E-state index contributed by atoms with van der Waals surface area (Å²) < 4.78 is 7.42. The van der Waals surface area contributed by atoms with Crippen molar-refractivity contribution in [3.8, 4) is 0 Å². The normalized spacial score (nSPS) is 29.3. The summed E-state index contributed by atoms with van der Waals surface area (Å²) in [7, 11) is 0. The van der Waals surface area contributed by atoms with Gasteiger partial charge in [0.1, 0.15) is 17.9 Å². The monoisotopic (exact) mass is 311 g/mol. The van der Waals surface area contributed by atoms with Crippen LogP contribution in [0.15, 0.2) is 12.7 Å². The number of thioether (sulfide) groups is 1. The van der Waals surface area contributed by atoms with Gasteiger partial charge in [-0.3, -0.25) is 4.57 Å². The zero-order valence-electron chi connectivity index (χ0n) is 11.5. The second-order valence-corrected chi connectivity index (χ2v) is 6.20.